The maximum Gasteiger partial charge on any atom is 0.244 e. The van der Waals surface area contributed by atoms with E-state index in [1.165, 1.54) is 10.5 Å². The molecule has 2 aliphatic rings. The highest BCUT2D eigenvalue weighted by Crippen LogP contribution is 2.33. The topological polar surface area (TPSA) is 96.6 Å². The van der Waals surface area contributed by atoms with Gasteiger partial charge in [-0.15, -0.1) is 24.8 Å². The number of nitrogens with zero attached hydrogens (tertiary/aromatic N) is 3. The van der Waals surface area contributed by atoms with Crippen LogP contribution in [0.1, 0.15) is 32.6 Å². The molecule has 1 aliphatic heterocycles. The highest BCUT2D eigenvalue weighted by molar-refractivity contribution is 7.89. The molecule has 1 saturated heterocycles. The summed E-state index contributed by atoms with van der Waals surface area (Å²) in [5.41, 5.74) is 5.88. The van der Waals surface area contributed by atoms with E-state index in [2.05, 4.69) is 4.98 Å². The van der Waals surface area contributed by atoms with Crippen LogP contribution in [-0.2, 0) is 14.8 Å². The monoisotopic (exact) mass is 438 g/mol. The molecular weight excluding hydrogens is 411 g/mol. The third-order valence-corrected chi connectivity index (χ3v) is 7.26. The molecule has 0 bridgehead atoms. The van der Waals surface area contributed by atoms with Crippen molar-refractivity contribution in [2.24, 2.45) is 11.7 Å². The molecule has 0 aromatic carbocycles. The van der Waals surface area contributed by atoms with Gasteiger partial charge in [0.2, 0.25) is 15.9 Å². The number of sulfonamides is 1. The van der Waals surface area contributed by atoms with Gasteiger partial charge in [-0.1, -0.05) is 12.8 Å². The molecule has 27 heavy (non-hydrogen) atoms. The SMILES string of the molecule is CC1(N)CCCCC1C(=O)N1CCN(S(=O)(=O)c2cccnc2)CC1.Cl.Cl. The van der Waals surface area contributed by atoms with Crippen molar-refractivity contribution in [3.8, 4) is 0 Å². The van der Waals surface area contributed by atoms with Crippen molar-refractivity contribution in [2.45, 2.75) is 43.0 Å². The molecule has 1 saturated carbocycles. The summed E-state index contributed by atoms with van der Waals surface area (Å²) in [4.78, 5) is 18.7. The average molecular weight is 439 g/mol. The minimum atomic E-state index is -3.55. The first kappa shape index (κ1) is 24.1. The van der Waals surface area contributed by atoms with Crippen LogP contribution in [0.5, 0.6) is 0 Å². The summed E-state index contributed by atoms with van der Waals surface area (Å²) < 4.78 is 26.7. The highest BCUT2D eigenvalue weighted by Gasteiger charge is 2.41. The molecule has 2 fully saturated rings. The zero-order chi connectivity index (χ0) is 18.1. The molecule has 2 atom stereocenters. The third-order valence-electron chi connectivity index (χ3n) is 5.37. The van der Waals surface area contributed by atoms with E-state index in [0.29, 0.717) is 26.2 Å². The van der Waals surface area contributed by atoms with Crippen LogP contribution < -0.4 is 5.73 Å². The number of rotatable bonds is 3. The van der Waals surface area contributed by atoms with Crippen molar-refractivity contribution in [3.63, 3.8) is 0 Å². The second kappa shape index (κ2) is 9.52. The molecule has 1 amide bonds. The first-order valence-electron chi connectivity index (χ1n) is 8.80. The van der Waals surface area contributed by atoms with Gasteiger partial charge in [-0.3, -0.25) is 9.78 Å². The van der Waals surface area contributed by atoms with E-state index in [1.807, 2.05) is 6.92 Å². The van der Waals surface area contributed by atoms with Gasteiger partial charge in [-0.2, -0.15) is 4.31 Å². The van der Waals surface area contributed by atoms with Crippen LogP contribution in [0.15, 0.2) is 29.4 Å². The van der Waals surface area contributed by atoms with Gasteiger partial charge in [0.15, 0.2) is 0 Å². The summed E-state index contributed by atoms with van der Waals surface area (Å²) >= 11 is 0. The van der Waals surface area contributed by atoms with Gasteiger partial charge in [-0.25, -0.2) is 8.42 Å². The van der Waals surface area contributed by atoms with Crippen LogP contribution in [0.3, 0.4) is 0 Å². The molecule has 2 heterocycles. The average Bonchev–Trinajstić information content (AvgIpc) is 2.62. The predicted molar refractivity (Wildman–Crippen MR) is 109 cm³/mol. The Labute approximate surface area is 173 Å². The number of hydrogen-bond donors (Lipinski definition) is 1. The van der Waals surface area contributed by atoms with E-state index in [-0.39, 0.29) is 41.5 Å². The van der Waals surface area contributed by atoms with Gasteiger partial charge in [0.05, 0.1) is 5.92 Å². The normalized spacial score (nSPS) is 26.6. The molecule has 10 heteroatoms. The van der Waals surface area contributed by atoms with Crippen LogP contribution in [0.2, 0.25) is 0 Å². The molecule has 7 nitrogen and oxygen atoms in total. The van der Waals surface area contributed by atoms with Crippen molar-refractivity contribution >= 4 is 40.7 Å². The molecular formula is C17H28Cl2N4O3S. The van der Waals surface area contributed by atoms with E-state index in [9.17, 15) is 13.2 Å². The summed E-state index contributed by atoms with van der Waals surface area (Å²) in [6, 6.07) is 3.15. The van der Waals surface area contributed by atoms with Crippen molar-refractivity contribution in [3.05, 3.63) is 24.5 Å². The van der Waals surface area contributed by atoms with Crippen molar-refractivity contribution in [1.29, 1.82) is 0 Å². The zero-order valence-electron chi connectivity index (χ0n) is 15.4. The molecule has 154 valence electrons. The van der Waals surface area contributed by atoms with Gasteiger partial charge in [-0.05, 0) is 31.9 Å². The number of amides is 1. The van der Waals surface area contributed by atoms with Crippen LogP contribution in [0.4, 0.5) is 0 Å². The van der Waals surface area contributed by atoms with E-state index in [4.69, 9.17) is 5.73 Å². The van der Waals surface area contributed by atoms with E-state index in [1.54, 1.807) is 23.2 Å². The van der Waals surface area contributed by atoms with Crippen LogP contribution in [0.25, 0.3) is 0 Å². The minimum Gasteiger partial charge on any atom is -0.340 e. The quantitative estimate of drug-likeness (QED) is 0.773. The second-order valence-corrected chi connectivity index (χ2v) is 9.16. The smallest absolute Gasteiger partial charge is 0.244 e. The maximum atomic E-state index is 12.9. The number of nitrogens with two attached hydrogens (primary N) is 1. The molecule has 0 radical (unpaired) electrons. The van der Waals surface area contributed by atoms with Crippen LogP contribution >= 0.6 is 24.8 Å². The minimum absolute atomic E-state index is 0. The van der Waals surface area contributed by atoms with Crippen LogP contribution in [-0.4, -0.2) is 60.2 Å². The van der Waals surface area contributed by atoms with Crippen molar-refractivity contribution in [2.75, 3.05) is 26.2 Å². The van der Waals surface area contributed by atoms with Gasteiger partial charge in [0.1, 0.15) is 4.90 Å². The Bertz CT molecular complexity index is 723. The summed E-state index contributed by atoms with van der Waals surface area (Å²) in [5, 5.41) is 0. The molecule has 2 unspecified atom stereocenters. The van der Waals surface area contributed by atoms with Gasteiger partial charge >= 0.3 is 0 Å². The fraction of sp³-hybridized carbons (Fsp3) is 0.647. The fourth-order valence-corrected chi connectivity index (χ4v) is 5.17. The largest absolute Gasteiger partial charge is 0.340 e. The first-order valence-corrected chi connectivity index (χ1v) is 10.2. The molecule has 3 rings (SSSR count). The molecule has 1 aromatic heterocycles. The number of piperazine rings is 1. The summed E-state index contributed by atoms with van der Waals surface area (Å²) in [6.07, 6.45) is 6.67. The van der Waals surface area contributed by atoms with Gasteiger partial charge < -0.3 is 10.6 Å². The predicted octanol–water partition coefficient (Wildman–Crippen LogP) is 1.67. The number of carbonyl (C=O) groups excluding carboxylic acids is 1. The Kier molecular flexibility index (Phi) is 8.50. The first-order chi connectivity index (χ1) is 11.8. The van der Waals surface area contributed by atoms with E-state index < -0.39 is 15.6 Å². The number of carbonyl (C=O) groups is 1. The molecule has 0 spiro atoms. The standard InChI is InChI=1S/C17H26N4O3S.2ClH/c1-17(18)7-3-2-6-15(17)16(22)20-9-11-21(12-10-20)25(23,24)14-5-4-8-19-13-14;;/h4-5,8,13,15H,2-3,6-7,9-12,18H2,1H3;2*1H. The lowest BCUT2D eigenvalue weighted by atomic mass is 9.74. The summed E-state index contributed by atoms with van der Waals surface area (Å²) in [5.74, 6) is -0.0918. The Morgan fingerprint density at radius 1 is 1.22 bits per heavy atom. The number of pyridine rings is 1. The lowest BCUT2D eigenvalue weighted by molar-refractivity contribution is -0.140. The van der Waals surface area contributed by atoms with Gasteiger partial charge in [0.25, 0.3) is 0 Å². The fourth-order valence-electron chi connectivity index (χ4n) is 3.78. The molecule has 1 aromatic rings. The Hall–Kier alpha value is -0.930. The van der Waals surface area contributed by atoms with E-state index in [0.717, 1.165) is 25.7 Å². The van der Waals surface area contributed by atoms with Crippen molar-refractivity contribution < 1.29 is 13.2 Å². The number of aromatic nitrogens is 1. The van der Waals surface area contributed by atoms with Gasteiger partial charge in [0, 0.05) is 44.1 Å². The zero-order valence-corrected chi connectivity index (χ0v) is 17.9. The second-order valence-electron chi connectivity index (χ2n) is 7.22. The Morgan fingerprint density at radius 3 is 2.44 bits per heavy atom. The molecule has 2 N–H and O–H groups in total. The highest BCUT2D eigenvalue weighted by atomic mass is 35.5. The number of hydrogen-bond acceptors (Lipinski definition) is 5. The number of halogens is 2. The maximum absolute atomic E-state index is 12.9. The van der Waals surface area contributed by atoms with Crippen LogP contribution in [0, 0.1) is 5.92 Å². The molecule has 1 aliphatic carbocycles. The van der Waals surface area contributed by atoms with E-state index >= 15 is 0 Å². The Balaban J connectivity index is 0.00000182. The lowest BCUT2D eigenvalue weighted by Crippen LogP contribution is -2.57. The Morgan fingerprint density at radius 2 is 1.89 bits per heavy atom. The van der Waals surface area contributed by atoms with Crippen molar-refractivity contribution in [1.82, 2.24) is 14.2 Å². The third kappa shape index (κ3) is 5.12. The lowest BCUT2D eigenvalue weighted by Gasteiger charge is -2.42. The summed E-state index contributed by atoms with van der Waals surface area (Å²) in [6.45, 7) is 3.38. The summed E-state index contributed by atoms with van der Waals surface area (Å²) in [7, 11) is -3.55.